The van der Waals surface area contributed by atoms with Crippen LogP contribution in [0.15, 0.2) is 62.2 Å². The van der Waals surface area contributed by atoms with E-state index in [0.717, 1.165) is 21.2 Å². The average Bonchev–Trinajstić information content (AvgIpc) is 2.47. The number of fused-ring (bicyclic) bond motifs is 1. The largest absolute Gasteiger partial charge is 0.497 e. The highest BCUT2D eigenvalue weighted by Crippen LogP contribution is 2.25. The van der Waals surface area contributed by atoms with E-state index < -0.39 is 0 Å². The van der Waals surface area contributed by atoms with Gasteiger partial charge in [0.15, 0.2) is 0 Å². The second-order valence-corrected chi connectivity index (χ2v) is 5.27. The topological polar surface area (TPSA) is 39.4 Å². The number of methoxy groups -OCH3 is 1. The number of rotatable bonds is 2. The summed E-state index contributed by atoms with van der Waals surface area (Å²) < 4.78 is 11.5. The predicted octanol–water partition coefficient (Wildman–Crippen LogP) is 4.23. The summed E-state index contributed by atoms with van der Waals surface area (Å²) in [6.07, 6.45) is 0. The van der Waals surface area contributed by atoms with E-state index in [1.807, 2.05) is 36.4 Å². The fourth-order valence-corrected chi connectivity index (χ4v) is 2.32. The molecule has 1 aromatic heterocycles. The molecule has 1 heterocycles. The summed E-state index contributed by atoms with van der Waals surface area (Å²) in [7, 11) is 1.61. The van der Waals surface area contributed by atoms with Gasteiger partial charge in [-0.3, -0.25) is 0 Å². The Labute approximate surface area is 123 Å². The van der Waals surface area contributed by atoms with Crippen LogP contribution < -0.4 is 10.4 Å². The molecule has 0 aliphatic heterocycles. The van der Waals surface area contributed by atoms with Crippen LogP contribution in [-0.2, 0) is 0 Å². The molecular weight excluding hydrogens is 320 g/mol. The van der Waals surface area contributed by atoms with Gasteiger partial charge < -0.3 is 9.15 Å². The van der Waals surface area contributed by atoms with Gasteiger partial charge in [-0.25, -0.2) is 4.79 Å². The number of halogens is 1. The Morgan fingerprint density at radius 3 is 2.50 bits per heavy atom. The molecule has 100 valence electrons. The zero-order valence-electron chi connectivity index (χ0n) is 10.7. The van der Waals surface area contributed by atoms with E-state index >= 15 is 0 Å². The first-order chi connectivity index (χ1) is 9.67. The van der Waals surface area contributed by atoms with Crippen molar-refractivity contribution in [3.8, 4) is 16.9 Å². The summed E-state index contributed by atoms with van der Waals surface area (Å²) in [5.41, 5.74) is 1.58. The van der Waals surface area contributed by atoms with Crippen molar-refractivity contribution in [1.29, 1.82) is 0 Å². The molecule has 0 unspecified atom stereocenters. The van der Waals surface area contributed by atoms with Crippen LogP contribution in [-0.4, -0.2) is 7.11 Å². The summed E-state index contributed by atoms with van der Waals surface area (Å²) in [6.45, 7) is 0. The van der Waals surface area contributed by atoms with Crippen molar-refractivity contribution in [2.75, 3.05) is 7.11 Å². The van der Waals surface area contributed by atoms with Crippen molar-refractivity contribution in [3.63, 3.8) is 0 Å². The lowest BCUT2D eigenvalue weighted by molar-refractivity contribution is 0.415. The monoisotopic (exact) mass is 330 g/mol. The molecule has 0 amide bonds. The van der Waals surface area contributed by atoms with Crippen LogP contribution >= 0.6 is 15.9 Å². The van der Waals surface area contributed by atoms with E-state index in [2.05, 4.69) is 15.9 Å². The Morgan fingerprint density at radius 1 is 1.05 bits per heavy atom. The lowest BCUT2D eigenvalue weighted by atomic mass is 10.1. The van der Waals surface area contributed by atoms with Crippen LogP contribution in [0, 0.1) is 0 Å². The van der Waals surface area contributed by atoms with Crippen LogP contribution in [0.3, 0.4) is 0 Å². The first kappa shape index (κ1) is 12.9. The van der Waals surface area contributed by atoms with Crippen molar-refractivity contribution in [2.24, 2.45) is 0 Å². The smallest absolute Gasteiger partial charge is 0.344 e. The molecule has 0 spiro atoms. The minimum atomic E-state index is -0.343. The molecule has 0 aliphatic rings. The SMILES string of the molecule is COc1ccc2oc(=O)c(-c3ccc(Br)cc3)cc2c1. The van der Waals surface area contributed by atoms with Crippen LogP contribution in [0.5, 0.6) is 5.75 Å². The molecule has 0 saturated carbocycles. The van der Waals surface area contributed by atoms with Crippen LogP contribution in [0.2, 0.25) is 0 Å². The minimum Gasteiger partial charge on any atom is -0.497 e. The Hall–Kier alpha value is -2.07. The third-order valence-corrected chi connectivity index (χ3v) is 3.62. The number of hydrogen-bond donors (Lipinski definition) is 0. The van der Waals surface area contributed by atoms with Gasteiger partial charge in [0.05, 0.1) is 12.7 Å². The third-order valence-electron chi connectivity index (χ3n) is 3.09. The lowest BCUT2D eigenvalue weighted by Gasteiger charge is -2.04. The van der Waals surface area contributed by atoms with E-state index in [-0.39, 0.29) is 5.63 Å². The molecule has 20 heavy (non-hydrogen) atoms. The maximum Gasteiger partial charge on any atom is 0.344 e. The predicted molar refractivity (Wildman–Crippen MR) is 82.2 cm³/mol. The fourth-order valence-electron chi connectivity index (χ4n) is 2.06. The molecule has 3 rings (SSSR count). The van der Waals surface area contributed by atoms with Gasteiger partial charge in [0, 0.05) is 9.86 Å². The zero-order chi connectivity index (χ0) is 14.1. The van der Waals surface area contributed by atoms with E-state index in [4.69, 9.17) is 9.15 Å². The molecule has 0 radical (unpaired) electrons. The standard InChI is InChI=1S/C16H11BrO3/c1-19-13-6-7-15-11(8-13)9-14(16(18)20-15)10-2-4-12(17)5-3-10/h2-9H,1H3. The molecule has 0 bridgehead atoms. The molecule has 0 saturated heterocycles. The molecule has 2 aromatic carbocycles. The first-order valence-electron chi connectivity index (χ1n) is 6.05. The van der Waals surface area contributed by atoms with Gasteiger partial charge in [-0.15, -0.1) is 0 Å². The molecule has 0 aliphatic carbocycles. The van der Waals surface area contributed by atoms with E-state index in [9.17, 15) is 4.79 Å². The van der Waals surface area contributed by atoms with E-state index in [0.29, 0.717) is 11.1 Å². The second kappa shape index (κ2) is 5.13. The highest BCUT2D eigenvalue weighted by atomic mass is 79.9. The molecule has 4 heteroatoms. The Bertz CT molecular complexity index is 819. The van der Waals surface area contributed by atoms with Gasteiger partial charge in [0.1, 0.15) is 11.3 Å². The molecular formula is C16H11BrO3. The first-order valence-corrected chi connectivity index (χ1v) is 6.84. The Balaban J connectivity index is 2.22. The maximum atomic E-state index is 12.1. The van der Waals surface area contributed by atoms with Gasteiger partial charge in [0.2, 0.25) is 0 Å². The number of hydrogen-bond acceptors (Lipinski definition) is 3. The van der Waals surface area contributed by atoms with Crippen molar-refractivity contribution in [3.05, 3.63) is 63.4 Å². The molecule has 0 N–H and O–H groups in total. The normalized spacial score (nSPS) is 10.7. The van der Waals surface area contributed by atoms with Crippen LogP contribution in [0.4, 0.5) is 0 Å². The second-order valence-electron chi connectivity index (χ2n) is 4.36. The summed E-state index contributed by atoms with van der Waals surface area (Å²) in [6, 6.07) is 14.7. The lowest BCUT2D eigenvalue weighted by Crippen LogP contribution is -2.02. The molecule has 0 atom stereocenters. The maximum absolute atomic E-state index is 12.1. The van der Waals surface area contributed by atoms with Crippen LogP contribution in [0.1, 0.15) is 0 Å². The minimum absolute atomic E-state index is 0.343. The van der Waals surface area contributed by atoms with Gasteiger partial charge in [-0.1, -0.05) is 28.1 Å². The Kier molecular flexibility index (Phi) is 3.32. The zero-order valence-corrected chi connectivity index (χ0v) is 12.3. The summed E-state index contributed by atoms with van der Waals surface area (Å²) >= 11 is 3.38. The van der Waals surface area contributed by atoms with Crippen molar-refractivity contribution in [1.82, 2.24) is 0 Å². The van der Waals surface area contributed by atoms with Gasteiger partial charge >= 0.3 is 5.63 Å². The highest BCUT2D eigenvalue weighted by molar-refractivity contribution is 9.10. The van der Waals surface area contributed by atoms with E-state index in [1.165, 1.54) is 0 Å². The highest BCUT2D eigenvalue weighted by Gasteiger charge is 2.08. The van der Waals surface area contributed by atoms with Gasteiger partial charge in [-0.05, 0) is 42.0 Å². The van der Waals surface area contributed by atoms with Gasteiger partial charge in [-0.2, -0.15) is 0 Å². The number of ether oxygens (including phenoxy) is 1. The Morgan fingerprint density at radius 2 is 1.80 bits per heavy atom. The summed E-state index contributed by atoms with van der Waals surface area (Å²) in [5.74, 6) is 0.730. The van der Waals surface area contributed by atoms with Crippen molar-refractivity contribution in [2.45, 2.75) is 0 Å². The van der Waals surface area contributed by atoms with Gasteiger partial charge in [0.25, 0.3) is 0 Å². The summed E-state index contributed by atoms with van der Waals surface area (Å²) in [4.78, 5) is 12.1. The summed E-state index contributed by atoms with van der Waals surface area (Å²) in [5, 5.41) is 0.835. The number of benzene rings is 2. The van der Waals surface area contributed by atoms with Crippen LogP contribution in [0.25, 0.3) is 22.1 Å². The third kappa shape index (κ3) is 2.34. The van der Waals surface area contributed by atoms with Crippen molar-refractivity contribution < 1.29 is 9.15 Å². The van der Waals surface area contributed by atoms with E-state index in [1.54, 1.807) is 19.2 Å². The molecule has 0 fully saturated rings. The quantitative estimate of drug-likeness (QED) is 0.660. The average molecular weight is 331 g/mol. The van der Waals surface area contributed by atoms with Crippen molar-refractivity contribution >= 4 is 26.9 Å². The molecule has 3 aromatic rings. The fraction of sp³-hybridized carbons (Fsp3) is 0.0625. The molecule has 3 nitrogen and oxygen atoms in total.